The normalized spacial score (nSPS) is 20.6. The summed E-state index contributed by atoms with van der Waals surface area (Å²) in [7, 11) is 0. The van der Waals surface area contributed by atoms with Gasteiger partial charge in [-0.2, -0.15) is 5.26 Å². The molecule has 15 heavy (non-hydrogen) atoms. The zero-order valence-corrected chi connectivity index (χ0v) is 8.44. The highest BCUT2D eigenvalue weighted by atomic mass is 16.5. The van der Waals surface area contributed by atoms with Crippen LogP contribution in [-0.4, -0.2) is 24.2 Å². The van der Waals surface area contributed by atoms with Crippen LogP contribution in [-0.2, 0) is 4.74 Å². The second-order valence-electron chi connectivity index (χ2n) is 3.57. The first-order chi connectivity index (χ1) is 7.40. The van der Waals surface area contributed by atoms with E-state index in [-0.39, 0.29) is 6.04 Å². The van der Waals surface area contributed by atoms with Crippen LogP contribution in [0.15, 0.2) is 18.3 Å². The van der Waals surface area contributed by atoms with Gasteiger partial charge in [0.1, 0.15) is 11.9 Å². The maximum atomic E-state index is 8.89. The molecule has 1 aromatic rings. The topological polar surface area (TPSA) is 57.9 Å². The molecule has 0 saturated carbocycles. The summed E-state index contributed by atoms with van der Waals surface area (Å²) in [6.45, 7) is 1.53. The van der Waals surface area contributed by atoms with Gasteiger partial charge >= 0.3 is 0 Å². The van der Waals surface area contributed by atoms with Crippen molar-refractivity contribution < 1.29 is 4.74 Å². The van der Waals surface area contributed by atoms with Gasteiger partial charge in [-0.15, -0.1) is 0 Å². The molecule has 78 valence electrons. The highest BCUT2D eigenvalue weighted by Crippen LogP contribution is 2.15. The van der Waals surface area contributed by atoms with Gasteiger partial charge in [0.2, 0.25) is 0 Å². The second kappa shape index (κ2) is 4.76. The lowest BCUT2D eigenvalue weighted by Crippen LogP contribution is -2.30. The van der Waals surface area contributed by atoms with Gasteiger partial charge in [0.25, 0.3) is 0 Å². The zero-order chi connectivity index (χ0) is 10.5. The lowest BCUT2D eigenvalue weighted by molar-refractivity contribution is 0.0875. The molecular formula is C11H13N3O. The van der Waals surface area contributed by atoms with Gasteiger partial charge in [-0.25, -0.2) is 4.98 Å². The Morgan fingerprint density at radius 3 is 3.27 bits per heavy atom. The van der Waals surface area contributed by atoms with Crippen molar-refractivity contribution in [2.24, 2.45) is 0 Å². The van der Waals surface area contributed by atoms with E-state index in [1.165, 1.54) is 0 Å². The Balaban J connectivity index is 2.06. The fourth-order valence-corrected chi connectivity index (χ4v) is 1.66. The van der Waals surface area contributed by atoms with Crippen LogP contribution in [0.2, 0.25) is 0 Å². The van der Waals surface area contributed by atoms with Crippen LogP contribution >= 0.6 is 0 Å². The molecule has 0 aliphatic carbocycles. The van der Waals surface area contributed by atoms with Crippen LogP contribution in [0.4, 0.5) is 5.82 Å². The third kappa shape index (κ3) is 2.45. The number of hydrogen-bond donors (Lipinski definition) is 1. The van der Waals surface area contributed by atoms with E-state index in [0.29, 0.717) is 18.0 Å². The summed E-state index contributed by atoms with van der Waals surface area (Å²) >= 11 is 0. The lowest BCUT2D eigenvalue weighted by atomic mass is 10.1. The SMILES string of the molecule is N#Cc1cccnc1NC1CCCOC1. The lowest BCUT2D eigenvalue weighted by Gasteiger charge is -2.23. The van der Waals surface area contributed by atoms with Crippen LogP contribution in [0.5, 0.6) is 0 Å². The molecule has 1 aliphatic heterocycles. The molecule has 1 fully saturated rings. The number of ether oxygens (including phenoxy) is 1. The van der Waals surface area contributed by atoms with Gasteiger partial charge in [0.15, 0.2) is 0 Å². The molecule has 1 aliphatic rings. The van der Waals surface area contributed by atoms with Crippen molar-refractivity contribution in [2.75, 3.05) is 18.5 Å². The van der Waals surface area contributed by atoms with Gasteiger partial charge in [0, 0.05) is 12.8 Å². The van der Waals surface area contributed by atoms with Crippen molar-refractivity contribution >= 4 is 5.82 Å². The maximum absolute atomic E-state index is 8.89. The maximum Gasteiger partial charge on any atom is 0.144 e. The first kappa shape index (κ1) is 9.94. The summed E-state index contributed by atoms with van der Waals surface area (Å²) in [5.74, 6) is 0.663. The zero-order valence-electron chi connectivity index (χ0n) is 8.44. The molecule has 1 aromatic heterocycles. The predicted octanol–water partition coefficient (Wildman–Crippen LogP) is 1.54. The standard InChI is InChI=1S/C11H13N3O/c12-7-9-3-1-5-13-11(9)14-10-4-2-6-15-8-10/h1,3,5,10H,2,4,6,8H2,(H,13,14). The highest BCUT2D eigenvalue weighted by Gasteiger charge is 2.15. The number of nitrogens with zero attached hydrogens (tertiary/aromatic N) is 2. The third-order valence-corrected chi connectivity index (χ3v) is 2.43. The summed E-state index contributed by atoms with van der Waals surface area (Å²) in [5, 5.41) is 12.1. The van der Waals surface area contributed by atoms with Crippen molar-refractivity contribution in [3.05, 3.63) is 23.9 Å². The monoisotopic (exact) mass is 203 g/mol. The third-order valence-electron chi connectivity index (χ3n) is 2.43. The molecule has 4 heteroatoms. The average Bonchev–Trinajstić information content (AvgIpc) is 2.31. The van der Waals surface area contributed by atoms with Crippen LogP contribution in [0.25, 0.3) is 0 Å². The molecule has 0 bridgehead atoms. The summed E-state index contributed by atoms with van der Waals surface area (Å²) in [5.41, 5.74) is 0.586. The number of nitrogens with one attached hydrogen (secondary N) is 1. The summed E-state index contributed by atoms with van der Waals surface area (Å²) < 4.78 is 5.35. The fraction of sp³-hybridized carbons (Fsp3) is 0.455. The van der Waals surface area contributed by atoms with E-state index in [9.17, 15) is 0 Å². The van der Waals surface area contributed by atoms with Crippen molar-refractivity contribution in [3.63, 3.8) is 0 Å². The Bertz CT molecular complexity index is 366. The number of anilines is 1. The molecule has 0 amide bonds. The smallest absolute Gasteiger partial charge is 0.144 e. The summed E-state index contributed by atoms with van der Waals surface area (Å²) in [6, 6.07) is 5.93. The van der Waals surface area contributed by atoms with E-state index < -0.39 is 0 Å². The number of pyridine rings is 1. The molecule has 2 rings (SSSR count). The predicted molar refractivity (Wildman–Crippen MR) is 56.4 cm³/mol. The molecule has 2 heterocycles. The number of rotatable bonds is 2. The van der Waals surface area contributed by atoms with Crippen LogP contribution in [0, 0.1) is 11.3 Å². The van der Waals surface area contributed by atoms with E-state index in [1.54, 1.807) is 18.3 Å². The van der Waals surface area contributed by atoms with E-state index in [0.717, 1.165) is 19.4 Å². The Kier molecular flexibility index (Phi) is 3.15. The summed E-state index contributed by atoms with van der Waals surface area (Å²) in [6.07, 6.45) is 3.82. The molecule has 1 N–H and O–H groups in total. The van der Waals surface area contributed by atoms with E-state index in [2.05, 4.69) is 16.4 Å². The minimum Gasteiger partial charge on any atom is -0.379 e. The molecule has 0 radical (unpaired) electrons. The molecule has 1 saturated heterocycles. The molecule has 1 atom stereocenters. The van der Waals surface area contributed by atoms with E-state index in [4.69, 9.17) is 10.00 Å². The first-order valence-electron chi connectivity index (χ1n) is 5.09. The van der Waals surface area contributed by atoms with Gasteiger partial charge in [-0.3, -0.25) is 0 Å². The molecule has 1 unspecified atom stereocenters. The van der Waals surface area contributed by atoms with E-state index >= 15 is 0 Å². The quantitative estimate of drug-likeness (QED) is 0.792. The van der Waals surface area contributed by atoms with Gasteiger partial charge in [0.05, 0.1) is 18.2 Å². The fourth-order valence-electron chi connectivity index (χ4n) is 1.66. The molecule has 0 spiro atoms. The number of aromatic nitrogens is 1. The van der Waals surface area contributed by atoms with Gasteiger partial charge in [-0.05, 0) is 25.0 Å². The number of nitriles is 1. The van der Waals surface area contributed by atoms with Crippen molar-refractivity contribution in [1.29, 1.82) is 5.26 Å². The highest BCUT2D eigenvalue weighted by molar-refractivity contribution is 5.51. The molecule has 4 nitrogen and oxygen atoms in total. The van der Waals surface area contributed by atoms with Crippen molar-refractivity contribution in [1.82, 2.24) is 4.98 Å². The largest absolute Gasteiger partial charge is 0.379 e. The molecule has 0 aromatic carbocycles. The Hall–Kier alpha value is -1.60. The Morgan fingerprint density at radius 1 is 1.60 bits per heavy atom. The van der Waals surface area contributed by atoms with Crippen molar-refractivity contribution in [3.8, 4) is 6.07 Å². The average molecular weight is 203 g/mol. The van der Waals surface area contributed by atoms with E-state index in [1.807, 2.05) is 0 Å². The minimum absolute atomic E-state index is 0.278. The second-order valence-corrected chi connectivity index (χ2v) is 3.57. The molecular weight excluding hydrogens is 190 g/mol. The summed E-state index contributed by atoms with van der Waals surface area (Å²) in [4.78, 5) is 4.15. The van der Waals surface area contributed by atoms with Crippen LogP contribution in [0.3, 0.4) is 0 Å². The number of hydrogen-bond acceptors (Lipinski definition) is 4. The van der Waals surface area contributed by atoms with Crippen molar-refractivity contribution in [2.45, 2.75) is 18.9 Å². The first-order valence-corrected chi connectivity index (χ1v) is 5.09. The van der Waals surface area contributed by atoms with Gasteiger partial charge in [-0.1, -0.05) is 0 Å². The van der Waals surface area contributed by atoms with Crippen LogP contribution in [0.1, 0.15) is 18.4 Å². The Morgan fingerprint density at radius 2 is 2.53 bits per heavy atom. The van der Waals surface area contributed by atoms with Gasteiger partial charge < -0.3 is 10.1 Å². The van der Waals surface area contributed by atoms with Crippen LogP contribution < -0.4 is 5.32 Å². The Labute approximate surface area is 88.9 Å². The minimum atomic E-state index is 0.278.